The molecule has 0 amide bonds. The molecule has 3 rings (SSSR count). The smallest absolute Gasteiger partial charge is 0.0908 e. The Kier molecular flexibility index (Phi) is 3.23. The van der Waals surface area contributed by atoms with E-state index >= 15 is 0 Å². The first-order valence-corrected chi connectivity index (χ1v) is 7.44. The molecule has 0 unspecified atom stereocenters. The lowest BCUT2D eigenvalue weighted by Gasteiger charge is -2.10. The van der Waals surface area contributed by atoms with E-state index in [1.807, 2.05) is 6.08 Å². The van der Waals surface area contributed by atoms with Crippen molar-refractivity contribution >= 4 is 17.0 Å². The van der Waals surface area contributed by atoms with Gasteiger partial charge in [-0.1, -0.05) is 24.3 Å². The molecule has 3 nitrogen and oxygen atoms in total. The van der Waals surface area contributed by atoms with Crippen LogP contribution in [0, 0.1) is 0 Å². The third kappa shape index (κ3) is 3.20. The number of epoxide rings is 1. The van der Waals surface area contributed by atoms with Crippen LogP contribution in [0.3, 0.4) is 0 Å². The average molecular weight is 285 g/mol. The fourth-order valence-electron chi connectivity index (χ4n) is 2.60. The summed E-state index contributed by atoms with van der Waals surface area (Å²) in [6.45, 7) is 7.80. The zero-order valence-corrected chi connectivity index (χ0v) is 13.1. The summed E-state index contributed by atoms with van der Waals surface area (Å²) in [4.78, 5) is 3.33. The predicted octanol–water partition coefficient (Wildman–Crippen LogP) is 3.67. The van der Waals surface area contributed by atoms with Gasteiger partial charge in [0.15, 0.2) is 0 Å². The monoisotopic (exact) mass is 285 g/mol. The van der Waals surface area contributed by atoms with E-state index in [0.29, 0.717) is 6.10 Å². The first kappa shape index (κ1) is 14.4. The largest absolute Gasteiger partial charge is 0.386 e. The van der Waals surface area contributed by atoms with Gasteiger partial charge in [-0.05, 0) is 44.9 Å². The van der Waals surface area contributed by atoms with Crippen molar-refractivity contribution in [3.8, 4) is 0 Å². The Hall–Kier alpha value is -1.58. The van der Waals surface area contributed by atoms with Crippen LogP contribution < -0.4 is 0 Å². The molecule has 1 aliphatic heterocycles. The number of rotatable bonds is 4. The van der Waals surface area contributed by atoms with Crippen LogP contribution in [0.4, 0.5) is 0 Å². The Bertz CT molecular complexity index is 689. The number of benzene rings is 1. The molecule has 1 aromatic heterocycles. The molecule has 1 aliphatic rings. The topological polar surface area (TPSA) is 48.5 Å². The molecule has 1 aromatic carbocycles. The normalized spacial score (nSPS) is 21.3. The second kappa shape index (κ2) is 4.72. The van der Waals surface area contributed by atoms with E-state index in [9.17, 15) is 5.11 Å². The second-order valence-electron chi connectivity index (χ2n) is 7.02. The Morgan fingerprint density at radius 2 is 2.10 bits per heavy atom. The number of H-pyrrole nitrogens is 1. The predicted molar refractivity (Wildman–Crippen MR) is 86.3 cm³/mol. The first-order valence-electron chi connectivity index (χ1n) is 7.44. The molecular weight excluding hydrogens is 262 g/mol. The minimum absolute atomic E-state index is 0.0268. The summed E-state index contributed by atoms with van der Waals surface area (Å²) >= 11 is 0. The van der Waals surface area contributed by atoms with E-state index in [1.165, 1.54) is 10.9 Å². The molecule has 0 spiro atoms. The van der Waals surface area contributed by atoms with Crippen molar-refractivity contribution in [2.75, 3.05) is 0 Å². The molecule has 2 aromatic rings. The van der Waals surface area contributed by atoms with Crippen LogP contribution in [0.25, 0.3) is 17.0 Å². The fourth-order valence-corrected chi connectivity index (χ4v) is 2.60. The van der Waals surface area contributed by atoms with E-state index in [0.717, 1.165) is 17.5 Å². The Balaban J connectivity index is 1.83. The van der Waals surface area contributed by atoms with Gasteiger partial charge in [0.2, 0.25) is 0 Å². The van der Waals surface area contributed by atoms with E-state index < -0.39 is 5.60 Å². The maximum absolute atomic E-state index is 9.74. The molecule has 1 atom stereocenters. The highest BCUT2D eigenvalue weighted by molar-refractivity contribution is 5.85. The van der Waals surface area contributed by atoms with E-state index in [-0.39, 0.29) is 5.60 Å². The molecule has 1 fully saturated rings. The van der Waals surface area contributed by atoms with Gasteiger partial charge in [0.25, 0.3) is 0 Å². The fraction of sp³-hybridized carbons (Fsp3) is 0.444. The Morgan fingerprint density at radius 1 is 1.38 bits per heavy atom. The summed E-state index contributed by atoms with van der Waals surface area (Å²) in [5, 5.41) is 11.0. The van der Waals surface area contributed by atoms with E-state index in [4.69, 9.17) is 4.74 Å². The van der Waals surface area contributed by atoms with Crippen LogP contribution in [0.1, 0.15) is 38.8 Å². The standard InChI is InChI=1S/C18H23NO2/c1-17(2,20)8-7-12-5-6-14-13(11-19-15(14)9-12)10-16-18(3,4)21-16/h5-9,11,16,19-20H,10H2,1-4H3/b8-7+/t16-/m1/s1. The summed E-state index contributed by atoms with van der Waals surface area (Å²) in [5.74, 6) is 0. The number of fused-ring (bicyclic) bond motifs is 1. The minimum Gasteiger partial charge on any atom is -0.386 e. The minimum atomic E-state index is -0.787. The number of aliphatic hydroxyl groups is 1. The van der Waals surface area contributed by atoms with Crippen molar-refractivity contribution in [1.29, 1.82) is 0 Å². The summed E-state index contributed by atoms with van der Waals surface area (Å²) in [7, 11) is 0. The zero-order chi connectivity index (χ0) is 15.3. The van der Waals surface area contributed by atoms with Crippen LogP contribution in [-0.4, -0.2) is 27.4 Å². The SMILES string of the molecule is CC(C)(O)/C=C/c1ccc2c(C[C@H]3OC3(C)C)c[nH]c2c1. The van der Waals surface area contributed by atoms with Gasteiger partial charge < -0.3 is 14.8 Å². The van der Waals surface area contributed by atoms with E-state index in [2.05, 4.69) is 43.2 Å². The van der Waals surface area contributed by atoms with Crippen LogP contribution >= 0.6 is 0 Å². The number of hydrogen-bond acceptors (Lipinski definition) is 2. The second-order valence-corrected chi connectivity index (χ2v) is 7.02. The Morgan fingerprint density at radius 3 is 2.71 bits per heavy atom. The highest BCUT2D eigenvalue weighted by Crippen LogP contribution is 2.38. The summed E-state index contributed by atoms with van der Waals surface area (Å²) in [5.41, 5.74) is 2.75. The van der Waals surface area contributed by atoms with Gasteiger partial charge >= 0.3 is 0 Å². The van der Waals surface area contributed by atoms with Crippen molar-refractivity contribution in [2.45, 2.75) is 51.4 Å². The van der Waals surface area contributed by atoms with Gasteiger partial charge in [-0.15, -0.1) is 0 Å². The highest BCUT2D eigenvalue weighted by Gasteiger charge is 2.47. The summed E-state index contributed by atoms with van der Waals surface area (Å²) in [6, 6.07) is 6.33. The van der Waals surface area contributed by atoms with Gasteiger partial charge in [-0.2, -0.15) is 0 Å². The number of hydrogen-bond donors (Lipinski definition) is 2. The lowest BCUT2D eigenvalue weighted by Crippen LogP contribution is -2.13. The molecule has 0 bridgehead atoms. The molecule has 2 heterocycles. The third-order valence-corrected chi connectivity index (χ3v) is 4.04. The van der Waals surface area contributed by atoms with Crippen molar-refractivity contribution in [1.82, 2.24) is 4.98 Å². The van der Waals surface area contributed by atoms with Gasteiger partial charge in [0.1, 0.15) is 0 Å². The van der Waals surface area contributed by atoms with Crippen LogP contribution in [0.15, 0.2) is 30.5 Å². The molecule has 3 heteroatoms. The molecular formula is C18H23NO2. The van der Waals surface area contributed by atoms with Gasteiger partial charge in [-0.25, -0.2) is 0 Å². The van der Waals surface area contributed by atoms with Crippen LogP contribution in [0.2, 0.25) is 0 Å². The van der Waals surface area contributed by atoms with Gasteiger partial charge in [-0.3, -0.25) is 0 Å². The molecule has 0 aliphatic carbocycles. The number of ether oxygens (including phenoxy) is 1. The highest BCUT2D eigenvalue weighted by atomic mass is 16.6. The quantitative estimate of drug-likeness (QED) is 0.842. The lowest BCUT2D eigenvalue weighted by atomic mass is 10.0. The first-order chi connectivity index (χ1) is 9.74. The molecule has 21 heavy (non-hydrogen) atoms. The third-order valence-electron chi connectivity index (χ3n) is 4.04. The van der Waals surface area contributed by atoms with E-state index in [1.54, 1.807) is 19.9 Å². The zero-order valence-electron chi connectivity index (χ0n) is 13.1. The molecule has 0 saturated carbocycles. The molecule has 2 N–H and O–H groups in total. The van der Waals surface area contributed by atoms with Crippen LogP contribution in [0.5, 0.6) is 0 Å². The average Bonchev–Trinajstić information content (AvgIpc) is 2.81. The van der Waals surface area contributed by atoms with Gasteiger partial charge in [0.05, 0.1) is 17.3 Å². The number of aromatic amines is 1. The van der Waals surface area contributed by atoms with Gasteiger partial charge in [0, 0.05) is 23.5 Å². The molecule has 0 radical (unpaired) electrons. The van der Waals surface area contributed by atoms with Crippen LogP contribution in [-0.2, 0) is 11.2 Å². The Labute approximate surface area is 125 Å². The molecule has 1 saturated heterocycles. The van der Waals surface area contributed by atoms with Crippen molar-refractivity contribution in [2.24, 2.45) is 0 Å². The maximum Gasteiger partial charge on any atom is 0.0908 e. The van der Waals surface area contributed by atoms with Crippen molar-refractivity contribution < 1.29 is 9.84 Å². The van der Waals surface area contributed by atoms with Crippen molar-refractivity contribution in [3.05, 3.63) is 41.6 Å². The van der Waals surface area contributed by atoms with Crippen molar-refractivity contribution in [3.63, 3.8) is 0 Å². The number of nitrogens with one attached hydrogen (secondary N) is 1. The maximum atomic E-state index is 9.74. The number of aromatic nitrogens is 1. The lowest BCUT2D eigenvalue weighted by molar-refractivity contribution is 0.134. The summed E-state index contributed by atoms with van der Waals surface area (Å²) in [6.07, 6.45) is 7.11. The summed E-state index contributed by atoms with van der Waals surface area (Å²) < 4.78 is 5.67. The molecule has 112 valence electrons.